The van der Waals surface area contributed by atoms with Crippen LogP contribution in [0.5, 0.6) is 0 Å². The van der Waals surface area contributed by atoms with E-state index in [0.717, 1.165) is 17.7 Å². The maximum absolute atomic E-state index is 13.3. The predicted molar refractivity (Wildman–Crippen MR) is 81.5 cm³/mol. The second-order valence-electron chi connectivity index (χ2n) is 5.58. The predicted octanol–water partition coefficient (Wildman–Crippen LogP) is 2.36. The highest BCUT2D eigenvalue weighted by atomic mass is 32.2. The van der Waals surface area contributed by atoms with E-state index in [1.165, 1.54) is 18.2 Å². The maximum Gasteiger partial charge on any atom is 0.240 e. The molecular formula is C16H17FN2O2S. The summed E-state index contributed by atoms with van der Waals surface area (Å²) in [6.07, 6.45) is 3.85. The summed E-state index contributed by atoms with van der Waals surface area (Å²) < 4.78 is 40.9. The Morgan fingerprint density at radius 3 is 2.91 bits per heavy atom. The Morgan fingerprint density at radius 1 is 1.32 bits per heavy atom. The Kier molecular flexibility index (Phi) is 3.97. The molecule has 4 nitrogen and oxygen atoms in total. The van der Waals surface area contributed by atoms with Crippen molar-refractivity contribution in [2.75, 3.05) is 0 Å². The fourth-order valence-electron chi connectivity index (χ4n) is 2.73. The summed E-state index contributed by atoms with van der Waals surface area (Å²) in [5, 5.41) is 0. The fourth-order valence-corrected chi connectivity index (χ4v) is 4.09. The van der Waals surface area contributed by atoms with E-state index in [9.17, 15) is 12.8 Å². The number of halogens is 1. The van der Waals surface area contributed by atoms with Crippen LogP contribution in [0.25, 0.3) is 0 Å². The van der Waals surface area contributed by atoms with Gasteiger partial charge in [-0.15, -0.1) is 0 Å². The van der Waals surface area contributed by atoms with Crippen LogP contribution in [0.3, 0.4) is 0 Å². The number of hydrogen-bond acceptors (Lipinski definition) is 3. The third-order valence-corrected chi connectivity index (χ3v) is 5.46. The molecule has 6 heteroatoms. The molecule has 116 valence electrons. The minimum absolute atomic E-state index is 0.100. The normalized spacial score (nSPS) is 18.0. The molecule has 1 atom stereocenters. The minimum atomic E-state index is -3.64. The summed E-state index contributed by atoms with van der Waals surface area (Å²) >= 11 is 0. The molecule has 1 aliphatic rings. The molecule has 0 aliphatic heterocycles. The molecule has 0 saturated heterocycles. The lowest BCUT2D eigenvalue weighted by Gasteiger charge is -2.24. The van der Waals surface area contributed by atoms with Gasteiger partial charge >= 0.3 is 0 Å². The first-order valence-electron chi connectivity index (χ1n) is 7.17. The summed E-state index contributed by atoms with van der Waals surface area (Å²) in [5.41, 5.74) is 2.44. The van der Waals surface area contributed by atoms with Gasteiger partial charge in [0.25, 0.3) is 0 Å². The zero-order chi connectivity index (χ0) is 15.7. The van der Waals surface area contributed by atoms with Gasteiger partial charge in [0.05, 0.1) is 4.90 Å². The molecule has 1 aliphatic carbocycles. The van der Waals surface area contributed by atoms with Crippen LogP contribution in [-0.2, 0) is 22.9 Å². The zero-order valence-corrected chi connectivity index (χ0v) is 13.0. The van der Waals surface area contributed by atoms with E-state index < -0.39 is 15.8 Å². The quantitative estimate of drug-likeness (QED) is 0.944. The first-order chi connectivity index (χ1) is 10.5. The molecule has 3 rings (SSSR count). The van der Waals surface area contributed by atoms with Gasteiger partial charge in [-0.05, 0) is 61.6 Å². The van der Waals surface area contributed by atoms with E-state index in [2.05, 4.69) is 9.71 Å². The largest absolute Gasteiger partial charge is 0.261 e. The van der Waals surface area contributed by atoms with Crippen molar-refractivity contribution in [3.05, 3.63) is 59.2 Å². The van der Waals surface area contributed by atoms with E-state index in [1.54, 1.807) is 13.1 Å². The number of nitrogens with zero attached hydrogens (tertiary/aromatic N) is 1. The highest BCUT2D eigenvalue weighted by Crippen LogP contribution is 2.21. The molecule has 0 fully saturated rings. The fraction of sp³-hybridized carbons (Fsp3) is 0.312. The highest BCUT2D eigenvalue weighted by Gasteiger charge is 2.25. The van der Waals surface area contributed by atoms with Gasteiger partial charge in [-0.1, -0.05) is 6.07 Å². The summed E-state index contributed by atoms with van der Waals surface area (Å²) in [5.74, 6) is -0.406. The van der Waals surface area contributed by atoms with Crippen LogP contribution in [0, 0.1) is 12.7 Å². The third kappa shape index (κ3) is 3.03. The number of nitrogens with one attached hydrogen (secondary N) is 1. The van der Waals surface area contributed by atoms with Crippen LogP contribution < -0.4 is 4.72 Å². The Balaban J connectivity index is 1.79. The van der Waals surface area contributed by atoms with Crippen LogP contribution in [0.1, 0.15) is 23.2 Å². The van der Waals surface area contributed by atoms with Gasteiger partial charge in [0, 0.05) is 17.9 Å². The number of aromatic nitrogens is 1. The monoisotopic (exact) mass is 320 g/mol. The topological polar surface area (TPSA) is 59.1 Å². The van der Waals surface area contributed by atoms with Crippen molar-refractivity contribution in [2.24, 2.45) is 0 Å². The van der Waals surface area contributed by atoms with E-state index >= 15 is 0 Å². The number of hydrogen-bond donors (Lipinski definition) is 1. The van der Waals surface area contributed by atoms with Crippen LogP contribution in [0.15, 0.2) is 41.4 Å². The van der Waals surface area contributed by atoms with Crippen molar-refractivity contribution in [1.29, 1.82) is 0 Å². The second-order valence-corrected chi connectivity index (χ2v) is 7.30. The van der Waals surface area contributed by atoms with Crippen molar-refractivity contribution in [1.82, 2.24) is 9.71 Å². The number of benzene rings is 1. The van der Waals surface area contributed by atoms with Crippen LogP contribution in [-0.4, -0.2) is 19.4 Å². The average molecular weight is 320 g/mol. The molecule has 1 heterocycles. The smallest absolute Gasteiger partial charge is 0.240 e. The lowest BCUT2D eigenvalue weighted by atomic mass is 9.93. The van der Waals surface area contributed by atoms with Crippen molar-refractivity contribution < 1.29 is 12.8 Å². The van der Waals surface area contributed by atoms with Gasteiger partial charge in [0.2, 0.25) is 10.0 Å². The van der Waals surface area contributed by atoms with Crippen LogP contribution in [0.2, 0.25) is 0 Å². The molecule has 0 amide bonds. The van der Waals surface area contributed by atoms with Crippen molar-refractivity contribution in [2.45, 2.75) is 37.1 Å². The van der Waals surface area contributed by atoms with Gasteiger partial charge in [-0.3, -0.25) is 4.98 Å². The number of rotatable bonds is 3. The van der Waals surface area contributed by atoms with Crippen LogP contribution in [0.4, 0.5) is 4.39 Å². The first kappa shape index (κ1) is 15.1. The molecule has 1 N–H and O–H groups in total. The van der Waals surface area contributed by atoms with Crippen molar-refractivity contribution in [3.63, 3.8) is 0 Å². The average Bonchev–Trinajstić information content (AvgIpc) is 2.49. The number of sulfonamides is 1. The molecule has 0 bridgehead atoms. The lowest BCUT2D eigenvalue weighted by molar-refractivity contribution is 0.502. The molecule has 1 aromatic carbocycles. The molecule has 1 unspecified atom stereocenters. The summed E-state index contributed by atoms with van der Waals surface area (Å²) in [6, 6.07) is 7.51. The van der Waals surface area contributed by atoms with Gasteiger partial charge in [-0.25, -0.2) is 17.5 Å². The third-order valence-electron chi connectivity index (χ3n) is 3.94. The van der Waals surface area contributed by atoms with Gasteiger partial charge in [0.15, 0.2) is 0 Å². The van der Waals surface area contributed by atoms with E-state index in [1.807, 2.05) is 12.1 Å². The maximum atomic E-state index is 13.3. The number of aryl methyl sites for hydroxylation is 2. The van der Waals surface area contributed by atoms with E-state index in [0.29, 0.717) is 18.4 Å². The van der Waals surface area contributed by atoms with Crippen molar-refractivity contribution in [3.8, 4) is 0 Å². The molecule has 1 aromatic heterocycles. The lowest BCUT2D eigenvalue weighted by Crippen LogP contribution is -2.39. The summed E-state index contributed by atoms with van der Waals surface area (Å²) in [4.78, 5) is 4.41. The van der Waals surface area contributed by atoms with Gasteiger partial charge < -0.3 is 0 Å². The Bertz CT molecular complexity index is 806. The number of fused-ring (bicyclic) bond motifs is 1. The molecule has 22 heavy (non-hydrogen) atoms. The van der Waals surface area contributed by atoms with Crippen LogP contribution >= 0.6 is 0 Å². The van der Waals surface area contributed by atoms with E-state index in [-0.39, 0.29) is 10.9 Å². The Morgan fingerprint density at radius 2 is 2.14 bits per heavy atom. The highest BCUT2D eigenvalue weighted by molar-refractivity contribution is 7.89. The SMILES string of the molecule is Cc1cc(S(=O)(=O)NC2CCc3ncccc3C2)ccc1F. The summed E-state index contributed by atoms with van der Waals surface area (Å²) in [6.45, 7) is 1.55. The Labute approximate surface area is 129 Å². The summed E-state index contributed by atoms with van der Waals surface area (Å²) in [7, 11) is -3.64. The molecule has 0 spiro atoms. The minimum Gasteiger partial charge on any atom is -0.261 e. The molecule has 0 radical (unpaired) electrons. The van der Waals surface area contributed by atoms with E-state index in [4.69, 9.17) is 0 Å². The molecular weight excluding hydrogens is 303 g/mol. The van der Waals surface area contributed by atoms with Gasteiger partial charge in [0.1, 0.15) is 5.82 Å². The Hall–Kier alpha value is -1.79. The standard InChI is InChI=1S/C16H17FN2O2S/c1-11-9-14(5-6-15(11)17)22(20,21)19-13-4-7-16-12(10-13)3-2-8-18-16/h2-3,5-6,8-9,13,19H,4,7,10H2,1H3. The second kappa shape index (κ2) is 5.78. The van der Waals surface area contributed by atoms with Gasteiger partial charge in [-0.2, -0.15) is 0 Å². The molecule has 0 saturated carbocycles. The zero-order valence-electron chi connectivity index (χ0n) is 12.2. The van der Waals surface area contributed by atoms with Crippen molar-refractivity contribution >= 4 is 10.0 Å². The first-order valence-corrected chi connectivity index (χ1v) is 8.65. The number of pyridine rings is 1. The molecule has 2 aromatic rings.